The highest BCUT2D eigenvalue weighted by Crippen LogP contribution is 2.14. The van der Waals surface area contributed by atoms with Gasteiger partial charge in [0.2, 0.25) is 0 Å². The van der Waals surface area contributed by atoms with E-state index in [4.69, 9.17) is 10.8 Å². The lowest BCUT2D eigenvalue weighted by Crippen LogP contribution is -2.45. The van der Waals surface area contributed by atoms with Crippen LogP contribution in [0, 0.1) is 26.2 Å². The number of carbonyl (C=O) groups is 2. The molecular weight excluding hydrogens is 218 g/mol. The maximum Gasteiger partial charge on any atom is 0.296 e. The molecule has 1 heterocycles. The molecule has 0 aliphatic carbocycles. The molecule has 4 nitrogen and oxygen atoms in total. The minimum absolute atomic E-state index is 0.0327. The third-order valence-corrected chi connectivity index (χ3v) is 2.38. The molecule has 0 fully saturated rings. The number of furan rings is 1. The van der Waals surface area contributed by atoms with Gasteiger partial charge in [-0.3, -0.25) is 9.59 Å². The van der Waals surface area contributed by atoms with Gasteiger partial charge in [-0.1, -0.05) is 5.92 Å². The van der Waals surface area contributed by atoms with E-state index in [9.17, 15) is 9.59 Å². The predicted molar refractivity (Wildman–Crippen MR) is 63.6 cm³/mol. The SMILES string of the molecule is C#CC(C)(C)NC(=O)C(=O)c1cc(C)c(C)o1. The molecule has 17 heavy (non-hydrogen) atoms. The first-order chi connectivity index (χ1) is 7.76. The van der Waals surface area contributed by atoms with Gasteiger partial charge in [-0.25, -0.2) is 0 Å². The second-order valence-corrected chi connectivity index (χ2v) is 4.40. The van der Waals surface area contributed by atoms with Gasteiger partial charge in [0.1, 0.15) is 5.76 Å². The Hall–Kier alpha value is -2.02. The molecule has 1 aromatic rings. The lowest BCUT2D eigenvalue weighted by molar-refractivity contribution is -0.118. The van der Waals surface area contributed by atoms with Crippen molar-refractivity contribution in [3.8, 4) is 12.3 Å². The molecule has 0 spiro atoms. The van der Waals surface area contributed by atoms with Gasteiger partial charge in [-0.05, 0) is 39.3 Å². The lowest BCUT2D eigenvalue weighted by Gasteiger charge is -2.18. The third-order valence-electron chi connectivity index (χ3n) is 2.38. The van der Waals surface area contributed by atoms with Gasteiger partial charge in [0.15, 0.2) is 5.76 Å². The Labute approximate surface area is 100 Å². The zero-order valence-electron chi connectivity index (χ0n) is 10.4. The molecule has 0 aliphatic heterocycles. The summed E-state index contributed by atoms with van der Waals surface area (Å²) < 4.78 is 5.18. The summed E-state index contributed by atoms with van der Waals surface area (Å²) in [6.07, 6.45) is 5.22. The molecule has 1 aromatic heterocycles. The molecule has 0 saturated carbocycles. The van der Waals surface area contributed by atoms with Gasteiger partial charge < -0.3 is 9.73 Å². The summed E-state index contributed by atoms with van der Waals surface area (Å²) in [4.78, 5) is 23.4. The molecule has 0 atom stereocenters. The Kier molecular flexibility index (Phi) is 3.42. The molecule has 1 amide bonds. The van der Waals surface area contributed by atoms with E-state index in [0.29, 0.717) is 5.76 Å². The molecule has 0 aromatic carbocycles. The molecule has 0 unspecified atom stereocenters. The van der Waals surface area contributed by atoms with E-state index in [1.807, 2.05) is 0 Å². The van der Waals surface area contributed by atoms with Crippen molar-refractivity contribution in [3.05, 3.63) is 23.2 Å². The zero-order valence-corrected chi connectivity index (χ0v) is 10.4. The van der Waals surface area contributed by atoms with Gasteiger partial charge in [-0.15, -0.1) is 6.42 Å². The van der Waals surface area contributed by atoms with Crippen molar-refractivity contribution in [2.75, 3.05) is 0 Å². The number of carbonyl (C=O) groups excluding carboxylic acids is 2. The Morgan fingerprint density at radius 2 is 2.00 bits per heavy atom. The number of Topliss-reactive ketones (excluding diaryl/α,β-unsaturated/α-hetero) is 1. The number of ketones is 1. The third kappa shape index (κ3) is 2.97. The normalized spacial score (nSPS) is 10.8. The number of rotatable bonds is 3. The van der Waals surface area contributed by atoms with Crippen LogP contribution in [-0.2, 0) is 4.79 Å². The maximum absolute atomic E-state index is 11.7. The summed E-state index contributed by atoms with van der Waals surface area (Å²) in [6, 6.07) is 1.54. The molecule has 0 saturated heterocycles. The van der Waals surface area contributed by atoms with Crippen LogP contribution in [-0.4, -0.2) is 17.2 Å². The summed E-state index contributed by atoms with van der Waals surface area (Å²) in [5.41, 5.74) is -0.0268. The van der Waals surface area contributed by atoms with E-state index in [2.05, 4.69) is 11.2 Å². The van der Waals surface area contributed by atoms with Crippen LogP contribution >= 0.6 is 0 Å². The molecule has 0 aliphatic rings. The lowest BCUT2D eigenvalue weighted by atomic mass is 10.1. The van der Waals surface area contributed by atoms with Crippen LogP contribution in [0.15, 0.2) is 10.5 Å². The first kappa shape index (κ1) is 13.0. The van der Waals surface area contributed by atoms with Crippen molar-refractivity contribution < 1.29 is 14.0 Å². The fraction of sp³-hybridized carbons (Fsp3) is 0.385. The maximum atomic E-state index is 11.7. The van der Waals surface area contributed by atoms with E-state index < -0.39 is 17.2 Å². The quantitative estimate of drug-likeness (QED) is 0.490. The second-order valence-electron chi connectivity index (χ2n) is 4.40. The smallest absolute Gasteiger partial charge is 0.296 e. The molecule has 0 radical (unpaired) electrons. The number of terminal acetylenes is 1. The topological polar surface area (TPSA) is 59.3 Å². The molecule has 1 N–H and O–H groups in total. The van der Waals surface area contributed by atoms with Crippen LogP contribution in [0.2, 0.25) is 0 Å². The Morgan fingerprint density at radius 1 is 1.41 bits per heavy atom. The zero-order chi connectivity index (χ0) is 13.2. The van der Waals surface area contributed by atoms with Gasteiger partial charge >= 0.3 is 0 Å². The van der Waals surface area contributed by atoms with Gasteiger partial charge in [0.05, 0.1) is 5.54 Å². The van der Waals surface area contributed by atoms with Crippen molar-refractivity contribution >= 4 is 11.7 Å². The van der Waals surface area contributed by atoms with E-state index in [0.717, 1.165) is 5.56 Å². The highest BCUT2D eigenvalue weighted by molar-refractivity contribution is 6.42. The average molecular weight is 233 g/mol. The summed E-state index contributed by atoms with van der Waals surface area (Å²) in [6.45, 7) is 6.81. The number of amides is 1. The van der Waals surface area contributed by atoms with E-state index in [-0.39, 0.29) is 5.76 Å². The number of hydrogen-bond acceptors (Lipinski definition) is 3. The predicted octanol–water partition coefficient (Wildman–Crippen LogP) is 1.61. The van der Waals surface area contributed by atoms with Crippen molar-refractivity contribution in [2.45, 2.75) is 33.2 Å². The second kappa shape index (κ2) is 4.46. The molecule has 0 bridgehead atoms. The molecule has 1 rings (SSSR count). The Bertz CT molecular complexity index is 484. The molecule has 90 valence electrons. The van der Waals surface area contributed by atoms with Crippen LogP contribution in [0.5, 0.6) is 0 Å². The highest BCUT2D eigenvalue weighted by Gasteiger charge is 2.25. The molecular formula is C13H15NO3. The van der Waals surface area contributed by atoms with Crippen molar-refractivity contribution in [1.82, 2.24) is 5.32 Å². The van der Waals surface area contributed by atoms with Crippen molar-refractivity contribution in [3.63, 3.8) is 0 Å². The van der Waals surface area contributed by atoms with Crippen molar-refractivity contribution in [2.24, 2.45) is 0 Å². The standard InChI is InChI=1S/C13H15NO3/c1-6-13(4,5)14-12(16)11(15)10-7-8(2)9(3)17-10/h1,7H,2-5H3,(H,14,16). The van der Waals surface area contributed by atoms with Crippen LogP contribution < -0.4 is 5.32 Å². The summed E-state index contributed by atoms with van der Waals surface area (Å²) in [5, 5.41) is 2.45. The summed E-state index contributed by atoms with van der Waals surface area (Å²) in [7, 11) is 0. The fourth-order valence-electron chi connectivity index (χ4n) is 1.17. The summed E-state index contributed by atoms with van der Waals surface area (Å²) >= 11 is 0. The van der Waals surface area contributed by atoms with Gasteiger partial charge in [0.25, 0.3) is 11.7 Å². The Balaban J connectivity index is 2.85. The number of nitrogens with one attached hydrogen (secondary N) is 1. The van der Waals surface area contributed by atoms with Crippen LogP contribution in [0.4, 0.5) is 0 Å². The monoisotopic (exact) mass is 233 g/mol. The number of aryl methyl sites for hydroxylation is 2. The average Bonchev–Trinajstić information content (AvgIpc) is 2.57. The largest absolute Gasteiger partial charge is 0.457 e. The summed E-state index contributed by atoms with van der Waals surface area (Å²) in [5.74, 6) is 1.56. The minimum atomic E-state index is -0.858. The number of hydrogen-bond donors (Lipinski definition) is 1. The van der Waals surface area contributed by atoms with E-state index in [1.54, 1.807) is 33.8 Å². The van der Waals surface area contributed by atoms with Gasteiger partial charge in [0, 0.05) is 0 Å². The van der Waals surface area contributed by atoms with E-state index >= 15 is 0 Å². The first-order valence-electron chi connectivity index (χ1n) is 5.18. The minimum Gasteiger partial charge on any atom is -0.457 e. The van der Waals surface area contributed by atoms with Gasteiger partial charge in [-0.2, -0.15) is 0 Å². The van der Waals surface area contributed by atoms with Crippen LogP contribution in [0.25, 0.3) is 0 Å². The molecule has 4 heteroatoms. The highest BCUT2D eigenvalue weighted by atomic mass is 16.3. The first-order valence-corrected chi connectivity index (χ1v) is 5.18. The fourth-order valence-corrected chi connectivity index (χ4v) is 1.17. The van der Waals surface area contributed by atoms with Crippen LogP contribution in [0.1, 0.15) is 35.7 Å². The van der Waals surface area contributed by atoms with E-state index in [1.165, 1.54) is 0 Å². The van der Waals surface area contributed by atoms with Crippen LogP contribution in [0.3, 0.4) is 0 Å². The van der Waals surface area contributed by atoms with Crippen molar-refractivity contribution in [1.29, 1.82) is 0 Å². The Morgan fingerprint density at radius 3 is 2.41 bits per heavy atom.